The molecule has 1 aromatic carbocycles. The molecule has 1 heterocycles. The van der Waals surface area contributed by atoms with E-state index >= 15 is 0 Å². The van der Waals surface area contributed by atoms with Crippen molar-refractivity contribution in [2.45, 2.75) is 0 Å². The Bertz CT molecular complexity index is 525. The maximum absolute atomic E-state index is 12.4. The highest BCUT2D eigenvalue weighted by Crippen LogP contribution is 2.14. The van der Waals surface area contributed by atoms with E-state index in [4.69, 9.17) is 11.6 Å². The van der Waals surface area contributed by atoms with Crippen molar-refractivity contribution < 1.29 is 9.59 Å². The van der Waals surface area contributed by atoms with Crippen LogP contribution in [0.25, 0.3) is 0 Å². The number of likely N-dealkylation sites (N-methyl/N-ethyl adjacent to an activating group) is 1. The smallest absolute Gasteiger partial charge is 0.253 e. The number of amides is 2. The standard InChI is InChI=1S/C15H20ClN3O2/c1-17(2)14(20)11-18-6-8-19(9-7-18)15(21)12-4-3-5-13(16)10-12/h3-5,10H,6-9,11H2,1-2H3. The van der Waals surface area contributed by atoms with Gasteiger partial charge in [0.1, 0.15) is 0 Å². The normalized spacial score (nSPS) is 15.9. The molecule has 0 aliphatic carbocycles. The van der Waals surface area contributed by atoms with E-state index in [9.17, 15) is 9.59 Å². The number of carbonyl (C=O) groups excluding carboxylic acids is 2. The van der Waals surface area contributed by atoms with E-state index in [0.717, 1.165) is 0 Å². The summed E-state index contributed by atoms with van der Waals surface area (Å²) in [6.07, 6.45) is 0. The summed E-state index contributed by atoms with van der Waals surface area (Å²) in [5.74, 6) is 0.0840. The molecule has 0 spiro atoms. The summed E-state index contributed by atoms with van der Waals surface area (Å²) in [4.78, 5) is 29.5. The van der Waals surface area contributed by atoms with E-state index in [0.29, 0.717) is 43.3 Å². The first kappa shape index (κ1) is 15.8. The van der Waals surface area contributed by atoms with E-state index in [-0.39, 0.29) is 11.8 Å². The molecule has 0 unspecified atom stereocenters. The van der Waals surface area contributed by atoms with Crippen molar-refractivity contribution in [3.05, 3.63) is 34.9 Å². The van der Waals surface area contributed by atoms with Gasteiger partial charge in [-0.2, -0.15) is 0 Å². The summed E-state index contributed by atoms with van der Waals surface area (Å²) < 4.78 is 0. The highest BCUT2D eigenvalue weighted by molar-refractivity contribution is 6.30. The van der Waals surface area contributed by atoms with Crippen LogP contribution in [0, 0.1) is 0 Å². The molecule has 6 heteroatoms. The van der Waals surface area contributed by atoms with Gasteiger partial charge >= 0.3 is 0 Å². The molecule has 0 N–H and O–H groups in total. The van der Waals surface area contributed by atoms with Gasteiger partial charge in [0.15, 0.2) is 0 Å². The Morgan fingerprint density at radius 3 is 2.43 bits per heavy atom. The second kappa shape index (κ2) is 6.91. The van der Waals surface area contributed by atoms with Crippen LogP contribution < -0.4 is 0 Å². The SMILES string of the molecule is CN(C)C(=O)CN1CCN(C(=O)c2cccc(Cl)c2)CC1. The average molecular weight is 310 g/mol. The summed E-state index contributed by atoms with van der Waals surface area (Å²) in [7, 11) is 3.50. The second-order valence-electron chi connectivity index (χ2n) is 5.37. The average Bonchev–Trinajstić information content (AvgIpc) is 2.47. The molecule has 1 aliphatic heterocycles. The number of hydrogen-bond acceptors (Lipinski definition) is 3. The highest BCUT2D eigenvalue weighted by Gasteiger charge is 2.23. The van der Waals surface area contributed by atoms with Crippen molar-refractivity contribution >= 4 is 23.4 Å². The lowest BCUT2D eigenvalue weighted by Gasteiger charge is -2.34. The van der Waals surface area contributed by atoms with Crippen LogP contribution in [-0.2, 0) is 4.79 Å². The third kappa shape index (κ3) is 4.19. The molecular weight excluding hydrogens is 290 g/mol. The first-order valence-electron chi connectivity index (χ1n) is 6.94. The fourth-order valence-corrected chi connectivity index (χ4v) is 2.44. The van der Waals surface area contributed by atoms with E-state index in [1.165, 1.54) is 0 Å². The Labute approximate surface area is 130 Å². The van der Waals surface area contributed by atoms with Gasteiger partial charge in [0.2, 0.25) is 5.91 Å². The first-order valence-corrected chi connectivity index (χ1v) is 7.32. The Morgan fingerprint density at radius 2 is 1.86 bits per heavy atom. The predicted octanol–water partition coefficient (Wildman–Crippen LogP) is 1.19. The highest BCUT2D eigenvalue weighted by atomic mass is 35.5. The van der Waals surface area contributed by atoms with Crippen LogP contribution in [0.5, 0.6) is 0 Å². The number of halogens is 1. The lowest BCUT2D eigenvalue weighted by atomic mass is 10.2. The molecule has 0 atom stereocenters. The van der Waals surface area contributed by atoms with E-state index in [1.54, 1.807) is 43.3 Å². The maximum atomic E-state index is 12.4. The molecule has 21 heavy (non-hydrogen) atoms. The molecule has 0 saturated carbocycles. The van der Waals surface area contributed by atoms with E-state index in [1.807, 2.05) is 4.90 Å². The van der Waals surface area contributed by atoms with Crippen molar-refractivity contribution in [2.24, 2.45) is 0 Å². The molecule has 1 aromatic rings. The van der Waals surface area contributed by atoms with Crippen LogP contribution >= 0.6 is 11.6 Å². The van der Waals surface area contributed by atoms with E-state index in [2.05, 4.69) is 4.90 Å². The molecule has 1 aliphatic rings. The van der Waals surface area contributed by atoms with Crippen LogP contribution in [0.1, 0.15) is 10.4 Å². The zero-order chi connectivity index (χ0) is 15.4. The molecule has 0 radical (unpaired) electrons. The fourth-order valence-electron chi connectivity index (χ4n) is 2.25. The number of hydrogen-bond donors (Lipinski definition) is 0. The quantitative estimate of drug-likeness (QED) is 0.842. The minimum Gasteiger partial charge on any atom is -0.348 e. The van der Waals surface area contributed by atoms with Crippen LogP contribution in [0.2, 0.25) is 5.02 Å². The Kier molecular flexibility index (Phi) is 5.20. The van der Waals surface area contributed by atoms with Crippen molar-refractivity contribution in [3.63, 3.8) is 0 Å². The lowest BCUT2D eigenvalue weighted by molar-refractivity contribution is -0.130. The molecule has 1 saturated heterocycles. The molecule has 114 valence electrons. The van der Waals surface area contributed by atoms with Crippen LogP contribution in [0.3, 0.4) is 0 Å². The number of nitrogens with zero attached hydrogens (tertiary/aromatic N) is 3. The number of rotatable bonds is 3. The van der Waals surface area contributed by atoms with Gasteiger partial charge in [0.05, 0.1) is 6.54 Å². The van der Waals surface area contributed by atoms with Gasteiger partial charge < -0.3 is 9.80 Å². The molecule has 5 nitrogen and oxygen atoms in total. The largest absolute Gasteiger partial charge is 0.348 e. The van der Waals surface area contributed by atoms with Crippen molar-refractivity contribution in [2.75, 3.05) is 46.8 Å². The summed E-state index contributed by atoms with van der Waals surface area (Å²) >= 11 is 5.92. The summed E-state index contributed by atoms with van der Waals surface area (Å²) in [6, 6.07) is 6.99. The minimum atomic E-state index is -0.00362. The maximum Gasteiger partial charge on any atom is 0.253 e. The van der Waals surface area contributed by atoms with Gasteiger partial charge in [-0.3, -0.25) is 14.5 Å². The third-order valence-electron chi connectivity index (χ3n) is 3.59. The summed E-state index contributed by atoms with van der Waals surface area (Å²) in [6.45, 7) is 3.10. The molecule has 0 aromatic heterocycles. The second-order valence-corrected chi connectivity index (χ2v) is 5.80. The predicted molar refractivity (Wildman–Crippen MR) is 82.5 cm³/mol. The van der Waals surface area contributed by atoms with Gasteiger partial charge in [-0.15, -0.1) is 0 Å². The van der Waals surface area contributed by atoms with Crippen LogP contribution in [0.15, 0.2) is 24.3 Å². The molecular formula is C15H20ClN3O2. The number of piperazine rings is 1. The Morgan fingerprint density at radius 1 is 1.19 bits per heavy atom. The third-order valence-corrected chi connectivity index (χ3v) is 3.82. The number of benzene rings is 1. The topological polar surface area (TPSA) is 43.9 Å². The summed E-state index contributed by atoms with van der Waals surface area (Å²) in [5, 5.41) is 0.566. The van der Waals surface area contributed by atoms with Gasteiger partial charge in [0.25, 0.3) is 5.91 Å². The Hall–Kier alpha value is -1.59. The van der Waals surface area contributed by atoms with Gasteiger partial charge in [-0.05, 0) is 18.2 Å². The lowest BCUT2D eigenvalue weighted by Crippen LogP contribution is -2.51. The molecule has 0 bridgehead atoms. The van der Waals surface area contributed by atoms with Gasteiger partial charge in [-0.25, -0.2) is 0 Å². The monoisotopic (exact) mass is 309 g/mol. The molecule has 1 fully saturated rings. The van der Waals surface area contributed by atoms with Gasteiger partial charge in [-0.1, -0.05) is 17.7 Å². The van der Waals surface area contributed by atoms with Crippen molar-refractivity contribution in [1.29, 1.82) is 0 Å². The van der Waals surface area contributed by atoms with Crippen molar-refractivity contribution in [3.8, 4) is 0 Å². The summed E-state index contributed by atoms with van der Waals surface area (Å²) in [5.41, 5.74) is 0.611. The molecule has 2 rings (SSSR count). The van der Waals surface area contributed by atoms with Crippen molar-refractivity contribution in [1.82, 2.24) is 14.7 Å². The zero-order valence-electron chi connectivity index (χ0n) is 12.4. The Balaban J connectivity index is 1.89. The fraction of sp³-hybridized carbons (Fsp3) is 0.467. The zero-order valence-corrected chi connectivity index (χ0v) is 13.1. The van der Waals surface area contributed by atoms with Gasteiger partial charge in [0, 0.05) is 50.9 Å². The molecule has 2 amide bonds. The minimum absolute atomic E-state index is 0.00362. The number of carbonyl (C=O) groups is 2. The van der Waals surface area contributed by atoms with Crippen LogP contribution in [0.4, 0.5) is 0 Å². The van der Waals surface area contributed by atoms with E-state index < -0.39 is 0 Å². The first-order chi connectivity index (χ1) is 9.97. The van der Waals surface area contributed by atoms with Crippen LogP contribution in [-0.4, -0.2) is 73.3 Å².